The fourth-order valence-corrected chi connectivity index (χ4v) is 7.12. The Hall–Kier alpha value is -3.05. The molecule has 7 rings (SSSR count). The van der Waals surface area contributed by atoms with Crippen LogP contribution in [0.4, 0.5) is 0 Å². The molecule has 5 fully saturated rings. The van der Waals surface area contributed by atoms with E-state index in [-0.39, 0.29) is 17.7 Å². The van der Waals surface area contributed by atoms with Gasteiger partial charge in [0.2, 0.25) is 5.91 Å². The van der Waals surface area contributed by atoms with Gasteiger partial charge in [-0.05, 0) is 86.6 Å². The molecule has 4 N–H and O–H groups in total. The van der Waals surface area contributed by atoms with Crippen LogP contribution in [0.3, 0.4) is 0 Å². The highest BCUT2D eigenvalue weighted by atomic mass is 16.5. The van der Waals surface area contributed by atoms with Gasteiger partial charge in [0.1, 0.15) is 23.0 Å². The second-order valence-corrected chi connectivity index (χ2v) is 11.0. The molecule has 2 amide bonds. The number of amides is 2. The van der Waals surface area contributed by atoms with E-state index >= 15 is 0 Å². The number of nitrogens with zero attached hydrogens (tertiary/aromatic N) is 1. The number of aromatic amines is 1. The second kappa shape index (κ2) is 8.56. The Kier molecular flexibility index (Phi) is 5.48. The molecule has 4 saturated carbocycles. The van der Waals surface area contributed by atoms with Crippen LogP contribution < -0.4 is 20.7 Å². The van der Waals surface area contributed by atoms with Crippen molar-refractivity contribution in [3.8, 4) is 11.8 Å². The predicted octanol–water partition coefficient (Wildman–Crippen LogP) is 2.72. The minimum atomic E-state index is -0.839. The van der Waals surface area contributed by atoms with Crippen molar-refractivity contribution < 1.29 is 14.3 Å². The number of hydrogen-bond acceptors (Lipinski definition) is 5. The molecule has 35 heavy (non-hydrogen) atoms. The molecule has 6 atom stereocenters. The maximum atomic E-state index is 13.6. The van der Waals surface area contributed by atoms with Crippen LogP contribution in [0.1, 0.15) is 49.0 Å². The Balaban J connectivity index is 1.21. The van der Waals surface area contributed by atoms with Gasteiger partial charge < -0.3 is 25.7 Å². The number of ether oxygens (including phenoxy) is 1. The summed E-state index contributed by atoms with van der Waals surface area (Å²) in [5.41, 5.74) is 0.359. The van der Waals surface area contributed by atoms with Crippen LogP contribution in [0.2, 0.25) is 0 Å². The van der Waals surface area contributed by atoms with Crippen LogP contribution >= 0.6 is 0 Å². The van der Waals surface area contributed by atoms with Gasteiger partial charge in [-0.3, -0.25) is 9.59 Å². The van der Waals surface area contributed by atoms with Crippen LogP contribution in [0.5, 0.6) is 5.75 Å². The highest BCUT2D eigenvalue weighted by molar-refractivity contribution is 6.01. The molecule has 8 nitrogen and oxygen atoms in total. The maximum absolute atomic E-state index is 13.6. The third-order valence-electron chi connectivity index (χ3n) is 9.02. The Bertz CT molecular complexity index is 1200. The summed E-state index contributed by atoms with van der Waals surface area (Å²) in [5, 5.41) is 20.8. The first-order valence-corrected chi connectivity index (χ1v) is 12.9. The summed E-state index contributed by atoms with van der Waals surface area (Å²) >= 11 is 0. The van der Waals surface area contributed by atoms with Crippen LogP contribution in [0.15, 0.2) is 24.3 Å². The molecule has 1 aromatic heterocycles. The standard InChI is InChI=1S/C27H33N5O3/c1-35-24-4-2-3-21-17(24)10-23(30-21)25(33)31-22(9-15-5-6-15)26(34)32-27(14-28)11-16-7-8-20(27)19-13-29-12-18(16)19/h2-4,10,15-16,18-20,22,29-30H,5-9,11-13H2,1H3,(H,31,33)(H,32,34). The van der Waals surface area contributed by atoms with Crippen molar-refractivity contribution in [3.05, 3.63) is 30.0 Å². The van der Waals surface area contributed by atoms with Crippen LogP contribution in [0, 0.1) is 40.9 Å². The minimum Gasteiger partial charge on any atom is -0.496 e. The summed E-state index contributed by atoms with van der Waals surface area (Å²) in [7, 11) is 1.60. The fraction of sp³-hybridized carbons (Fsp3) is 0.593. The van der Waals surface area contributed by atoms with E-state index in [2.05, 4.69) is 27.0 Å². The Morgan fingerprint density at radius 3 is 2.83 bits per heavy atom. The summed E-state index contributed by atoms with van der Waals surface area (Å²) in [4.78, 5) is 30.0. The van der Waals surface area contributed by atoms with Crippen LogP contribution in [0.25, 0.3) is 10.9 Å². The molecule has 2 bridgehead atoms. The minimum absolute atomic E-state index is 0.167. The van der Waals surface area contributed by atoms with Crippen LogP contribution in [-0.2, 0) is 4.79 Å². The lowest BCUT2D eigenvalue weighted by Gasteiger charge is -2.54. The van der Waals surface area contributed by atoms with Crippen molar-refractivity contribution in [2.75, 3.05) is 20.2 Å². The van der Waals surface area contributed by atoms with Gasteiger partial charge in [0.05, 0.1) is 13.2 Å². The van der Waals surface area contributed by atoms with E-state index in [0.29, 0.717) is 48.0 Å². The SMILES string of the molecule is COc1cccc2[nH]c(C(=O)NC(CC3CC3)C(=O)NC3(C#N)CC4CCC3C3CNCC43)cc12. The van der Waals surface area contributed by atoms with Crippen molar-refractivity contribution in [2.24, 2.45) is 29.6 Å². The molecule has 184 valence electrons. The predicted molar refractivity (Wildman–Crippen MR) is 131 cm³/mol. The lowest BCUT2D eigenvalue weighted by atomic mass is 9.52. The molecule has 0 spiro atoms. The fourth-order valence-electron chi connectivity index (χ4n) is 7.12. The first-order valence-electron chi connectivity index (χ1n) is 12.9. The summed E-state index contributed by atoms with van der Waals surface area (Å²) in [6.07, 6.45) is 5.59. The number of H-pyrrole nitrogens is 1. The maximum Gasteiger partial charge on any atom is 0.268 e. The Morgan fingerprint density at radius 1 is 1.23 bits per heavy atom. The summed E-state index contributed by atoms with van der Waals surface area (Å²) in [6, 6.07) is 9.25. The molecule has 1 aromatic carbocycles. The first-order chi connectivity index (χ1) is 17.0. The van der Waals surface area contributed by atoms with Gasteiger partial charge in [0.15, 0.2) is 0 Å². The molecule has 5 aliphatic rings. The molecule has 8 heteroatoms. The molecular weight excluding hydrogens is 442 g/mol. The van der Waals surface area contributed by atoms with Gasteiger partial charge >= 0.3 is 0 Å². The monoisotopic (exact) mass is 475 g/mol. The van der Waals surface area contributed by atoms with Gasteiger partial charge in [-0.2, -0.15) is 5.26 Å². The topological polar surface area (TPSA) is 119 Å². The summed E-state index contributed by atoms with van der Waals surface area (Å²) < 4.78 is 5.41. The van der Waals surface area contributed by atoms with E-state index < -0.39 is 11.6 Å². The molecular formula is C27H33N5O3. The van der Waals surface area contributed by atoms with Gasteiger partial charge in [0, 0.05) is 10.9 Å². The van der Waals surface area contributed by atoms with Crippen molar-refractivity contribution >= 4 is 22.7 Å². The lowest BCUT2D eigenvalue weighted by molar-refractivity contribution is -0.127. The van der Waals surface area contributed by atoms with Gasteiger partial charge in [0.25, 0.3) is 5.91 Å². The number of methoxy groups -OCH3 is 1. The number of nitrogens with one attached hydrogen (secondary N) is 4. The van der Waals surface area contributed by atoms with Crippen molar-refractivity contribution in [3.63, 3.8) is 0 Å². The number of carbonyl (C=O) groups excluding carboxylic acids is 2. The molecule has 1 aliphatic heterocycles. The van der Waals surface area contributed by atoms with Gasteiger partial charge in [-0.25, -0.2) is 0 Å². The third kappa shape index (κ3) is 3.86. The number of rotatable bonds is 7. The summed E-state index contributed by atoms with van der Waals surface area (Å²) in [6.45, 7) is 1.95. The molecule has 1 saturated heterocycles. The zero-order valence-electron chi connectivity index (χ0n) is 20.1. The zero-order valence-corrected chi connectivity index (χ0v) is 20.1. The van der Waals surface area contributed by atoms with E-state index in [9.17, 15) is 14.9 Å². The normalized spacial score (nSPS) is 32.0. The van der Waals surface area contributed by atoms with E-state index in [0.717, 1.165) is 49.7 Å². The Labute approximate surface area is 205 Å². The van der Waals surface area contributed by atoms with Crippen molar-refractivity contribution in [1.29, 1.82) is 5.26 Å². The Morgan fingerprint density at radius 2 is 2.06 bits per heavy atom. The summed E-state index contributed by atoms with van der Waals surface area (Å²) in [5.74, 6) is 2.29. The lowest BCUT2D eigenvalue weighted by Crippen LogP contribution is -2.65. The van der Waals surface area contributed by atoms with Crippen molar-refractivity contribution in [2.45, 2.75) is 50.1 Å². The number of benzene rings is 1. The van der Waals surface area contributed by atoms with Crippen LogP contribution in [-0.4, -0.2) is 48.6 Å². The molecule has 2 aromatic rings. The van der Waals surface area contributed by atoms with E-state index in [1.807, 2.05) is 18.2 Å². The highest BCUT2D eigenvalue weighted by Crippen LogP contribution is 2.54. The highest BCUT2D eigenvalue weighted by Gasteiger charge is 2.58. The zero-order chi connectivity index (χ0) is 24.2. The largest absolute Gasteiger partial charge is 0.496 e. The average molecular weight is 476 g/mol. The second-order valence-electron chi connectivity index (χ2n) is 11.0. The number of aromatic nitrogens is 1. The number of fused-ring (bicyclic) bond motifs is 3. The quantitative estimate of drug-likeness (QED) is 0.491. The van der Waals surface area contributed by atoms with E-state index in [4.69, 9.17) is 4.74 Å². The number of hydrogen-bond donors (Lipinski definition) is 4. The van der Waals surface area contributed by atoms with E-state index in [1.54, 1.807) is 13.2 Å². The number of carbonyl (C=O) groups is 2. The molecule has 4 aliphatic carbocycles. The van der Waals surface area contributed by atoms with Gasteiger partial charge in [-0.15, -0.1) is 0 Å². The molecule has 6 unspecified atom stereocenters. The average Bonchev–Trinajstić information content (AvgIpc) is 3.35. The molecule has 0 radical (unpaired) electrons. The van der Waals surface area contributed by atoms with Gasteiger partial charge in [-0.1, -0.05) is 18.9 Å². The van der Waals surface area contributed by atoms with E-state index in [1.165, 1.54) is 0 Å². The first kappa shape index (κ1) is 22.4. The number of nitriles is 1. The third-order valence-corrected chi connectivity index (χ3v) is 9.02. The molecule has 2 heterocycles. The van der Waals surface area contributed by atoms with Crippen molar-refractivity contribution in [1.82, 2.24) is 20.9 Å². The smallest absolute Gasteiger partial charge is 0.268 e.